The van der Waals surface area contributed by atoms with Gasteiger partial charge in [-0.15, -0.1) is 0 Å². The number of rotatable bonds is 2. The summed E-state index contributed by atoms with van der Waals surface area (Å²) in [4.78, 5) is 0. The third kappa shape index (κ3) is 2.85. The van der Waals surface area contributed by atoms with Crippen molar-refractivity contribution >= 4 is 13.3 Å². The van der Waals surface area contributed by atoms with Crippen LogP contribution in [-0.2, 0) is 0 Å². The van der Waals surface area contributed by atoms with Crippen LogP contribution in [0, 0.1) is 20.8 Å². The molecular weight excluding hydrogens is 263 g/mol. The molecule has 3 aromatic rings. The zero-order chi connectivity index (χ0) is 15.7. The topological polar surface area (TPSA) is 0 Å². The van der Waals surface area contributed by atoms with Gasteiger partial charge in [0.15, 0.2) is 0 Å². The molecule has 0 saturated heterocycles. The van der Waals surface area contributed by atoms with Gasteiger partial charge in [0.25, 0.3) is 0 Å². The Morgan fingerprint density at radius 1 is 0.591 bits per heavy atom. The van der Waals surface area contributed by atoms with Crippen molar-refractivity contribution in [1.82, 2.24) is 0 Å². The highest BCUT2D eigenvalue weighted by Crippen LogP contribution is 2.29. The average Bonchev–Trinajstić information content (AvgIpc) is 2.48. The summed E-state index contributed by atoms with van der Waals surface area (Å²) in [6.07, 6.45) is 0. The number of aryl methyl sites for hydroxylation is 3. The van der Waals surface area contributed by atoms with Crippen molar-refractivity contribution in [3.8, 4) is 22.3 Å². The van der Waals surface area contributed by atoms with E-state index in [1.54, 1.807) is 0 Å². The smallest absolute Gasteiger partial charge is 0.0964 e. The van der Waals surface area contributed by atoms with Crippen LogP contribution in [0.25, 0.3) is 22.3 Å². The lowest BCUT2D eigenvalue weighted by Crippen LogP contribution is -2.02. The monoisotopic (exact) mass is 282 g/mol. The van der Waals surface area contributed by atoms with Crippen LogP contribution in [0.4, 0.5) is 0 Å². The van der Waals surface area contributed by atoms with Gasteiger partial charge in [0.2, 0.25) is 0 Å². The molecular formula is C21H19B. The molecule has 3 aromatic carbocycles. The first kappa shape index (κ1) is 14.7. The molecule has 106 valence electrons. The maximum absolute atomic E-state index is 5.85. The van der Waals surface area contributed by atoms with Gasteiger partial charge in [-0.3, -0.25) is 0 Å². The molecule has 0 aliphatic carbocycles. The molecule has 0 bridgehead atoms. The Kier molecular flexibility index (Phi) is 3.89. The summed E-state index contributed by atoms with van der Waals surface area (Å²) >= 11 is 0. The second kappa shape index (κ2) is 5.85. The van der Waals surface area contributed by atoms with Crippen LogP contribution in [0.5, 0.6) is 0 Å². The van der Waals surface area contributed by atoms with E-state index in [2.05, 4.69) is 69.3 Å². The Bertz CT molecular complexity index is 814. The van der Waals surface area contributed by atoms with Crippen LogP contribution >= 0.6 is 0 Å². The van der Waals surface area contributed by atoms with Crippen LogP contribution < -0.4 is 5.46 Å². The molecule has 1 heteroatoms. The highest BCUT2D eigenvalue weighted by Gasteiger charge is 2.06. The Labute approximate surface area is 134 Å². The molecule has 0 heterocycles. The van der Waals surface area contributed by atoms with Crippen LogP contribution in [0.3, 0.4) is 0 Å². The standard InChI is InChI=1S/C21H19B/c1-14-4-6-17(7-5-14)20-10-8-18(12-15(20)2)21-11-9-19(22)13-16(21)3/h4-13H,1-3H3. The molecule has 22 heavy (non-hydrogen) atoms. The lowest BCUT2D eigenvalue weighted by molar-refractivity contribution is 1.41. The van der Waals surface area contributed by atoms with Crippen molar-refractivity contribution in [3.63, 3.8) is 0 Å². The van der Waals surface area contributed by atoms with Crippen LogP contribution in [-0.4, -0.2) is 7.85 Å². The molecule has 0 fully saturated rings. The third-order valence-corrected chi connectivity index (χ3v) is 4.15. The second-order valence-corrected chi connectivity index (χ2v) is 5.97. The van der Waals surface area contributed by atoms with Crippen molar-refractivity contribution in [1.29, 1.82) is 0 Å². The van der Waals surface area contributed by atoms with E-state index in [-0.39, 0.29) is 0 Å². The molecule has 0 unspecified atom stereocenters. The Morgan fingerprint density at radius 3 is 1.77 bits per heavy atom. The van der Waals surface area contributed by atoms with Crippen molar-refractivity contribution in [2.24, 2.45) is 0 Å². The summed E-state index contributed by atoms with van der Waals surface area (Å²) in [7, 11) is 5.85. The average molecular weight is 282 g/mol. The van der Waals surface area contributed by atoms with Crippen molar-refractivity contribution in [2.75, 3.05) is 0 Å². The number of benzene rings is 3. The van der Waals surface area contributed by atoms with Gasteiger partial charge in [-0.05, 0) is 54.2 Å². The summed E-state index contributed by atoms with van der Waals surface area (Å²) in [5.74, 6) is 0. The fraction of sp³-hybridized carbons (Fsp3) is 0.143. The van der Waals surface area contributed by atoms with E-state index < -0.39 is 0 Å². The molecule has 0 aromatic heterocycles. The Hall–Kier alpha value is -2.28. The van der Waals surface area contributed by atoms with Gasteiger partial charge in [-0.1, -0.05) is 71.7 Å². The van der Waals surface area contributed by atoms with E-state index in [1.807, 2.05) is 12.1 Å². The third-order valence-electron chi connectivity index (χ3n) is 4.15. The fourth-order valence-corrected chi connectivity index (χ4v) is 2.90. The van der Waals surface area contributed by atoms with Gasteiger partial charge in [-0.2, -0.15) is 0 Å². The van der Waals surface area contributed by atoms with Crippen LogP contribution in [0.2, 0.25) is 0 Å². The number of hydrogen-bond donors (Lipinski definition) is 0. The largest absolute Gasteiger partial charge is 0.113 e. The first-order valence-corrected chi connectivity index (χ1v) is 7.59. The van der Waals surface area contributed by atoms with Crippen molar-refractivity contribution in [2.45, 2.75) is 20.8 Å². The lowest BCUT2D eigenvalue weighted by Gasteiger charge is -2.12. The van der Waals surface area contributed by atoms with Crippen LogP contribution in [0.15, 0.2) is 60.7 Å². The van der Waals surface area contributed by atoms with Gasteiger partial charge in [0, 0.05) is 0 Å². The highest BCUT2D eigenvalue weighted by molar-refractivity contribution is 6.32. The van der Waals surface area contributed by atoms with Gasteiger partial charge in [0.05, 0.1) is 0 Å². The molecule has 0 amide bonds. The molecule has 0 aliphatic heterocycles. The highest BCUT2D eigenvalue weighted by atomic mass is 14.1. The summed E-state index contributed by atoms with van der Waals surface area (Å²) in [6.45, 7) is 6.39. The first-order chi connectivity index (χ1) is 10.5. The minimum atomic E-state index is 0.814. The van der Waals surface area contributed by atoms with E-state index in [4.69, 9.17) is 7.85 Å². The van der Waals surface area contributed by atoms with E-state index in [0.717, 1.165) is 5.46 Å². The zero-order valence-electron chi connectivity index (χ0n) is 13.4. The summed E-state index contributed by atoms with van der Waals surface area (Å²) in [5, 5.41) is 0. The lowest BCUT2D eigenvalue weighted by atomic mass is 9.89. The first-order valence-electron chi connectivity index (χ1n) is 7.59. The van der Waals surface area contributed by atoms with E-state index in [0.29, 0.717) is 0 Å². The number of hydrogen-bond acceptors (Lipinski definition) is 0. The molecule has 0 nitrogen and oxygen atoms in total. The van der Waals surface area contributed by atoms with Gasteiger partial charge < -0.3 is 0 Å². The van der Waals surface area contributed by atoms with E-state index >= 15 is 0 Å². The maximum Gasteiger partial charge on any atom is 0.113 e. The fourth-order valence-electron chi connectivity index (χ4n) is 2.90. The summed E-state index contributed by atoms with van der Waals surface area (Å²) in [6, 6.07) is 21.5. The second-order valence-electron chi connectivity index (χ2n) is 5.97. The van der Waals surface area contributed by atoms with Gasteiger partial charge in [-0.25, -0.2) is 0 Å². The predicted octanol–water partition coefficient (Wildman–Crippen LogP) is 4.74. The Balaban J connectivity index is 2.03. The van der Waals surface area contributed by atoms with Gasteiger partial charge >= 0.3 is 0 Å². The molecule has 2 radical (unpaired) electrons. The normalized spacial score (nSPS) is 10.7. The van der Waals surface area contributed by atoms with Gasteiger partial charge in [0.1, 0.15) is 7.85 Å². The van der Waals surface area contributed by atoms with Crippen molar-refractivity contribution < 1.29 is 0 Å². The van der Waals surface area contributed by atoms with Crippen LogP contribution in [0.1, 0.15) is 16.7 Å². The Morgan fingerprint density at radius 2 is 1.14 bits per heavy atom. The molecule has 0 spiro atoms. The molecule has 0 atom stereocenters. The van der Waals surface area contributed by atoms with Crippen molar-refractivity contribution in [3.05, 3.63) is 77.4 Å². The minimum Gasteiger partial charge on any atom is -0.0964 e. The minimum absolute atomic E-state index is 0.814. The quantitative estimate of drug-likeness (QED) is 0.595. The molecule has 0 N–H and O–H groups in total. The molecule has 0 saturated carbocycles. The van der Waals surface area contributed by atoms with E-state index in [9.17, 15) is 0 Å². The summed E-state index contributed by atoms with van der Waals surface area (Å²) in [5.41, 5.74) is 9.64. The SMILES string of the molecule is [B]c1ccc(-c2ccc(-c3ccc(C)cc3)c(C)c2)c(C)c1. The predicted molar refractivity (Wildman–Crippen MR) is 96.9 cm³/mol. The maximum atomic E-state index is 5.85. The van der Waals surface area contributed by atoms with E-state index in [1.165, 1.54) is 38.9 Å². The molecule has 3 rings (SSSR count). The zero-order valence-corrected chi connectivity index (χ0v) is 13.4. The summed E-state index contributed by atoms with van der Waals surface area (Å²) < 4.78 is 0. The molecule has 0 aliphatic rings.